The third kappa shape index (κ3) is 3.83. The van der Waals surface area contributed by atoms with Gasteiger partial charge in [0, 0.05) is 32.4 Å². The molecule has 1 aromatic carbocycles. The Kier molecular flexibility index (Phi) is 5.36. The maximum Gasteiger partial charge on any atom is 0.257 e. The van der Waals surface area contributed by atoms with Crippen molar-refractivity contribution in [2.24, 2.45) is 0 Å². The van der Waals surface area contributed by atoms with Crippen LogP contribution in [0.1, 0.15) is 15.9 Å². The molecule has 3 rings (SSSR count). The van der Waals surface area contributed by atoms with Gasteiger partial charge in [-0.2, -0.15) is 5.10 Å². The van der Waals surface area contributed by atoms with Crippen molar-refractivity contribution in [3.05, 3.63) is 53.9 Å². The molecular formula is C15H19ClN4O. The van der Waals surface area contributed by atoms with Crippen molar-refractivity contribution >= 4 is 18.3 Å². The molecule has 2 heterocycles. The first-order valence-electron chi connectivity index (χ1n) is 6.89. The van der Waals surface area contributed by atoms with Gasteiger partial charge >= 0.3 is 0 Å². The first kappa shape index (κ1) is 15.5. The lowest BCUT2D eigenvalue weighted by Crippen LogP contribution is -2.46. The van der Waals surface area contributed by atoms with Crippen LogP contribution in [-0.4, -0.2) is 46.8 Å². The number of aromatic nitrogens is 2. The molecule has 0 radical (unpaired) electrons. The van der Waals surface area contributed by atoms with Crippen molar-refractivity contribution in [2.75, 3.05) is 26.2 Å². The summed E-state index contributed by atoms with van der Waals surface area (Å²) in [5.41, 5.74) is 1.85. The van der Waals surface area contributed by atoms with E-state index in [1.165, 1.54) is 5.56 Å². The van der Waals surface area contributed by atoms with E-state index >= 15 is 0 Å². The molecule has 1 N–H and O–H groups in total. The molecule has 0 atom stereocenters. The van der Waals surface area contributed by atoms with Gasteiger partial charge in [-0.15, -0.1) is 12.4 Å². The van der Waals surface area contributed by atoms with Crippen LogP contribution >= 0.6 is 12.4 Å². The summed E-state index contributed by atoms with van der Waals surface area (Å²) in [6.07, 6.45) is 3.49. The fourth-order valence-electron chi connectivity index (χ4n) is 2.38. The summed E-state index contributed by atoms with van der Waals surface area (Å²) in [6, 6.07) is 10.1. The topological polar surface area (TPSA) is 50.2 Å². The molecule has 1 amide bonds. The Morgan fingerprint density at radius 3 is 2.62 bits per heavy atom. The van der Waals surface area contributed by atoms with Crippen molar-refractivity contribution in [1.82, 2.24) is 20.0 Å². The average molecular weight is 307 g/mol. The van der Waals surface area contributed by atoms with Crippen molar-refractivity contribution in [3.8, 4) is 0 Å². The van der Waals surface area contributed by atoms with Gasteiger partial charge in [-0.1, -0.05) is 30.3 Å². The number of carbonyl (C=O) groups excluding carboxylic acids is 1. The fraction of sp³-hybridized carbons (Fsp3) is 0.333. The SMILES string of the molecule is Cl.O=C(c1cnn(Cc2ccccc2)c1)N1CCNCC1. The zero-order valence-electron chi connectivity index (χ0n) is 11.7. The summed E-state index contributed by atoms with van der Waals surface area (Å²) in [5, 5.41) is 7.53. The van der Waals surface area contributed by atoms with E-state index in [-0.39, 0.29) is 18.3 Å². The van der Waals surface area contributed by atoms with Gasteiger partial charge in [0.2, 0.25) is 0 Å². The van der Waals surface area contributed by atoms with Crippen molar-refractivity contribution < 1.29 is 4.79 Å². The maximum atomic E-state index is 12.3. The third-order valence-corrected chi connectivity index (χ3v) is 3.47. The lowest BCUT2D eigenvalue weighted by Gasteiger charge is -2.26. The van der Waals surface area contributed by atoms with Crippen LogP contribution in [0.25, 0.3) is 0 Å². The van der Waals surface area contributed by atoms with Gasteiger partial charge in [0.05, 0.1) is 18.3 Å². The number of nitrogens with one attached hydrogen (secondary N) is 1. The van der Waals surface area contributed by atoms with Crippen LogP contribution in [0.2, 0.25) is 0 Å². The first-order valence-corrected chi connectivity index (χ1v) is 6.89. The summed E-state index contributed by atoms with van der Waals surface area (Å²) in [4.78, 5) is 14.2. The number of nitrogens with zero attached hydrogens (tertiary/aromatic N) is 3. The number of halogens is 1. The molecule has 0 unspecified atom stereocenters. The highest BCUT2D eigenvalue weighted by Gasteiger charge is 2.19. The summed E-state index contributed by atoms with van der Waals surface area (Å²) < 4.78 is 1.81. The summed E-state index contributed by atoms with van der Waals surface area (Å²) in [5.74, 6) is 0.0748. The van der Waals surface area contributed by atoms with Gasteiger partial charge in [0.25, 0.3) is 5.91 Å². The van der Waals surface area contributed by atoms with Crippen LogP contribution in [-0.2, 0) is 6.54 Å². The highest BCUT2D eigenvalue weighted by molar-refractivity contribution is 5.93. The molecule has 1 aliphatic heterocycles. The molecule has 112 valence electrons. The molecule has 1 fully saturated rings. The van der Waals surface area contributed by atoms with Crippen LogP contribution < -0.4 is 5.32 Å². The summed E-state index contributed by atoms with van der Waals surface area (Å²) >= 11 is 0. The minimum atomic E-state index is 0. The van der Waals surface area contributed by atoms with E-state index in [1.54, 1.807) is 6.20 Å². The summed E-state index contributed by atoms with van der Waals surface area (Å²) in [7, 11) is 0. The number of amides is 1. The second-order valence-electron chi connectivity index (χ2n) is 4.95. The highest BCUT2D eigenvalue weighted by atomic mass is 35.5. The number of carbonyl (C=O) groups is 1. The van der Waals surface area contributed by atoms with Gasteiger partial charge in [-0.05, 0) is 5.56 Å². The zero-order chi connectivity index (χ0) is 13.8. The van der Waals surface area contributed by atoms with Crippen LogP contribution in [0.4, 0.5) is 0 Å². The molecule has 2 aromatic rings. The minimum Gasteiger partial charge on any atom is -0.336 e. The van der Waals surface area contributed by atoms with Gasteiger partial charge in [0.15, 0.2) is 0 Å². The van der Waals surface area contributed by atoms with Crippen LogP contribution in [0.5, 0.6) is 0 Å². The average Bonchev–Trinajstić information content (AvgIpc) is 2.97. The van der Waals surface area contributed by atoms with E-state index in [4.69, 9.17) is 0 Å². The van der Waals surface area contributed by atoms with E-state index in [9.17, 15) is 4.79 Å². The smallest absolute Gasteiger partial charge is 0.257 e. The number of benzene rings is 1. The van der Waals surface area contributed by atoms with E-state index in [1.807, 2.05) is 34.0 Å². The minimum absolute atomic E-state index is 0. The lowest BCUT2D eigenvalue weighted by atomic mass is 10.2. The van der Waals surface area contributed by atoms with Crippen molar-refractivity contribution in [3.63, 3.8) is 0 Å². The second-order valence-corrected chi connectivity index (χ2v) is 4.95. The molecule has 0 bridgehead atoms. The highest BCUT2D eigenvalue weighted by Crippen LogP contribution is 2.07. The molecule has 1 aliphatic rings. The molecule has 1 aromatic heterocycles. The Labute approximate surface area is 130 Å². The molecular weight excluding hydrogens is 288 g/mol. The number of hydrogen-bond acceptors (Lipinski definition) is 3. The van der Waals surface area contributed by atoms with E-state index in [0.29, 0.717) is 12.1 Å². The van der Waals surface area contributed by atoms with Crippen LogP contribution in [0.3, 0.4) is 0 Å². The second kappa shape index (κ2) is 7.24. The molecule has 0 spiro atoms. The van der Waals surface area contributed by atoms with Crippen LogP contribution in [0, 0.1) is 0 Å². The Morgan fingerprint density at radius 1 is 1.19 bits per heavy atom. The van der Waals surface area contributed by atoms with Gasteiger partial charge in [-0.3, -0.25) is 9.48 Å². The quantitative estimate of drug-likeness (QED) is 0.932. The zero-order valence-corrected chi connectivity index (χ0v) is 12.6. The van der Waals surface area contributed by atoms with Crippen molar-refractivity contribution in [2.45, 2.75) is 6.54 Å². The molecule has 21 heavy (non-hydrogen) atoms. The largest absolute Gasteiger partial charge is 0.336 e. The van der Waals surface area contributed by atoms with Gasteiger partial charge in [0.1, 0.15) is 0 Å². The maximum absolute atomic E-state index is 12.3. The molecule has 6 heteroatoms. The normalized spacial score (nSPS) is 14.6. The van der Waals surface area contributed by atoms with E-state index < -0.39 is 0 Å². The van der Waals surface area contributed by atoms with E-state index in [0.717, 1.165) is 26.2 Å². The summed E-state index contributed by atoms with van der Waals surface area (Å²) in [6.45, 7) is 3.95. The molecule has 0 saturated carbocycles. The first-order chi connectivity index (χ1) is 9.83. The number of rotatable bonds is 3. The number of piperazine rings is 1. The van der Waals surface area contributed by atoms with Gasteiger partial charge in [-0.25, -0.2) is 0 Å². The van der Waals surface area contributed by atoms with Gasteiger partial charge < -0.3 is 10.2 Å². The Hall–Kier alpha value is -1.85. The fourth-order valence-corrected chi connectivity index (χ4v) is 2.38. The number of hydrogen-bond donors (Lipinski definition) is 1. The third-order valence-electron chi connectivity index (χ3n) is 3.47. The van der Waals surface area contributed by atoms with Crippen molar-refractivity contribution in [1.29, 1.82) is 0 Å². The Balaban J connectivity index is 0.00000161. The monoisotopic (exact) mass is 306 g/mol. The predicted octanol–water partition coefficient (Wildman–Crippen LogP) is 1.40. The van der Waals surface area contributed by atoms with Crippen LogP contribution in [0.15, 0.2) is 42.7 Å². The standard InChI is InChI=1S/C15H18N4O.ClH/c20-15(18-8-6-16-7-9-18)14-10-17-19(12-14)11-13-4-2-1-3-5-13;/h1-5,10,12,16H,6-9,11H2;1H. The molecule has 1 saturated heterocycles. The Morgan fingerprint density at radius 2 is 1.90 bits per heavy atom. The van der Waals surface area contributed by atoms with E-state index in [2.05, 4.69) is 22.5 Å². The lowest BCUT2D eigenvalue weighted by molar-refractivity contribution is 0.0735. The molecule has 5 nitrogen and oxygen atoms in total. The predicted molar refractivity (Wildman–Crippen MR) is 83.8 cm³/mol. The molecule has 0 aliphatic carbocycles. The Bertz CT molecular complexity index is 578.